The maximum atomic E-state index is 11.1. The highest BCUT2D eigenvalue weighted by Gasteiger charge is 2.20. The molecule has 7 heteroatoms. The second kappa shape index (κ2) is 9.70. The highest BCUT2D eigenvalue weighted by molar-refractivity contribution is 5.85. The zero-order valence-electron chi connectivity index (χ0n) is 13.8. The molecule has 1 fully saturated rings. The third-order valence-corrected chi connectivity index (χ3v) is 4.24. The number of methoxy groups -OCH3 is 1. The Bertz CT molecular complexity index is 505. The van der Waals surface area contributed by atoms with E-state index < -0.39 is 0 Å². The summed E-state index contributed by atoms with van der Waals surface area (Å²) in [6.45, 7) is 7.12. The molecule has 0 bridgehead atoms. The van der Waals surface area contributed by atoms with Crippen LogP contribution in [0.25, 0.3) is 0 Å². The van der Waals surface area contributed by atoms with Crippen LogP contribution in [0.1, 0.15) is 25.3 Å². The van der Waals surface area contributed by atoms with E-state index in [0.29, 0.717) is 5.75 Å². The van der Waals surface area contributed by atoms with E-state index in [2.05, 4.69) is 17.1 Å². The highest BCUT2D eigenvalue weighted by atomic mass is 35.5. The molecule has 6 nitrogen and oxygen atoms in total. The Kier molecular flexibility index (Phi) is 8.30. The number of nitro groups is 1. The van der Waals surface area contributed by atoms with E-state index >= 15 is 0 Å². The van der Waals surface area contributed by atoms with Crippen molar-refractivity contribution in [2.45, 2.75) is 26.3 Å². The molecular weight excluding hydrogens is 318 g/mol. The van der Waals surface area contributed by atoms with Crippen LogP contribution in [-0.4, -0.2) is 43.1 Å². The fourth-order valence-corrected chi connectivity index (χ4v) is 2.93. The molecule has 1 aromatic carbocycles. The minimum Gasteiger partial charge on any atom is -0.490 e. The van der Waals surface area contributed by atoms with Crippen LogP contribution in [0.4, 0.5) is 5.69 Å². The van der Waals surface area contributed by atoms with E-state index in [4.69, 9.17) is 4.74 Å². The molecule has 0 atom stereocenters. The second-order valence-electron chi connectivity index (χ2n) is 5.79. The first-order chi connectivity index (χ1) is 10.6. The lowest BCUT2D eigenvalue weighted by Gasteiger charge is -2.32. The third-order valence-electron chi connectivity index (χ3n) is 4.24. The number of nitrogens with one attached hydrogen (secondary N) is 1. The van der Waals surface area contributed by atoms with E-state index in [0.717, 1.165) is 44.2 Å². The lowest BCUT2D eigenvalue weighted by molar-refractivity contribution is -0.385. The summed E-state index contributed by atoms with van der Waals surface area (Å²) in [5.41, 5.74) is 1.01. The van der Waals surface area contributed by atoms with Crippen molar-refractivity contribution in [2.75, 3.05) is 33.3 Å². The number of piperidine rings is 1. The quantitative estimate of drug-likeness (QED) is 0.609. The summed E-state index contributed by atoms with van der Waals surface area (Å²) < 4.78 is 5.04. The van der Waals surface area contributed by atoms with Crippen LogP contribution in [0.5, 0.6) is 5.75 Å². The summed E-state index contributed by atoms with van der Waals surface area (Å²) in [5.74, 6) is 1.07. The molecule has 2 rings (SSSR count). The second-order valence-corrected chi connectivity index (χ2v) is 5.79. The van der Waals surface area contributed by atoms with Gasteiger partial charge in [-0.3, -0.25) is 15.0 Å². The van der Waals surface area contributed by atoms with Crippen LogP contribution in [-0.2, 0) is 6.54 Å². The van der Waals surface area contributed by atoms with Gasteiger partial charge in [0.25, 0.3) is 0 Å². The van der Waals surface area contributed by atoms with Crippen molar-refractivity contribution in [2.24, 2.45) is 5.92 Å². The van der Waals surface area contributed by atoms with Crippen LogP contribution in [0.15, 0.2) is 18.2 Å². The van der Waals surface area contributed by atoms with Crippen molar-refractivity contribution in [3.8, 4) is 5.75 Å². The first-order valence-electron chi connectivity index (χ1n) is 7.88. The number of hydrogen-bond acceptors (Lipinski definition) is 5. The van der Waals surface area contributed by atoms with Gasteiger partial charge in [0.1, 0.15) is 0 Å². The molecule has 1 N–H and O–H groups in total. The summed E-state index contributed by atoms with van der Waals surface area (Å²) in [5, 5.41) is 14.5. The smallest absolute Gasteiger partial charge is 0.311 e. The van der Waals surface area contributed by atoms with Crippen LogP contribution < -0.4 is 10.1 Å². The largest absolute Gasteiger partial charge is 0.490 e. The third kappa shape index (κ3) is 5.64. The minimum atomic E-state index is -0.384. The van der Waals surface area contributed by atoms with Gasteiger partial charge in [0, 0.05) is 12.6 Å². The first kappa shape index (κ1) is 19.7. The Morgan fingerprint density at radius 3 is 2.65 bits per heavy atom. The minimum absolute atomic E-state index is 0. The van der Waals surface area contributed by atoms with Crippen molar-refractivity contribution >= 4 is 18.1 Å². The first-order valence-corrected chi connectivity index (χ1v) is 7.88. The lowest BCUT2D eigenvalue weighted by Crippen LogP contribution is -2.36. The molecule has 0 aromatic heterocycles. The number of nitro benzene ring substituents is 1. The summed E-state index contributed by atoms with van der Waals surface area (Å²) in [6.07, 6.45) is 2.37. The molecule has 1 heterocycles. The van der Waals surface area contributed by atoms with Gasteiger partial charge in [-0.2, -0.15) is 0 Å². The average molecular weight is 344 g/mol. The van der Waals surface area contributed by atoms with Gasteiger partial charge in [0.05, 0.1) is 12.0 Å². The fraction of sp³-hybridized carbons (Fsp3) is 0.625. The number of ether oxygens (including phenoxy) is 1. The predicted octanol–water partition coefficient (Wildman–Crippen LogP) is 2.85. The molecule has 1 aromatic rings. The van der Waals surface area contributed by atoms with Gasteiger partial charge in [0.2, 0.25) is 0 Å². The van der Waals surface area contributed by atoms with E-state index in [9.17, 15) is 10.1 Å². The van der Waals surface area contributed by atoms with Crippen molar-refractivity contribution in [1.29, 1.82) is 0 Å². The molecule has 1 saturated heterocycles. The van der Waals surface area contributed by atoms with Crippen LogP contribution in [0, 0.1) is 16.0 Å². The molecule has 0 saturated carbocycles. The normalized spacial score (nSPS) is 15.9. The number of benzene rings is 1. The fourth-order valence-electron chi connectivity index (χ4n) is 2.93. The van der Waals surface area contributed by atoms with Crippen molar-refractivity contribution in [3.05, 3.63) is 33.9 Å². The maximum Gasteiger partial charge on any atom is 0.311 e. The lowest BCUT2D eigenvalue weighted by atomic mass is 9.96. The zero-order chi connectivity index (χ0) is 15.9. The SMILES string of the molecule is CCNCC1CCN(Cc2ccc(OC)c([N+](=O)[O-])c2)CC1.Cl. The Morgan fingerprint density at radius 1 is 1.39 bits per heavy atom. The summed E-state index contributed by atoms with van der Waals surface area (Å²) >= 11 is 0. The van der Waals surface area contributed by atoms with Gasteiger partial charge >= 0.3 is 5.69 Å². The Balaban J connectivity index is 0.00000264. The Morgan fingerprint density at radius 2 is 2.09 bits per heavy atom. The van der Waals surface area contributed by atoms with Gasteiger partial charge in [0.15, 0.2) is 5.75 Å². The number of hydrogen-bond donors (Lipinski definition) is 1. The molecule has 1 aliphatic heterocycles. The molecule has 0 amide bonds. The van der Waals surface area contributed by atoms with Crippen molar-refractivity contribution in [1.82, 2.24) is 10.2 Å². The van der Waals surface area contributed by atoms with E-state index in [1.165, 1.54) is 20.0 Å². The molecule has 0 spiro atoms. The van der Waals surface area contributed by atoms with Crippen LogP contribution >= 0.6 is 12.4 Å². The monoisotopic (exact) mass is 343 g/mol. The molecule has 130 valence electrons. The number of halogens is 1. The summed E-state index contributed by atoms with van der Waals surface area (Å²) in [7, 11) is 1.46. The van der Waals surface area contributed by atoms with Gasteiger partial charge in [-0.1, -0.05) is 13.0 Å². The number of nitrogens with zero attached hydrogens (tertiary/aromatic N) is 2. The topological polar surface area (TPSA) is 67.6 Å². The molecule has 1 aliphatic rings. The molecule has 0 unspecified atom stereocenters. The van der Waals surface area contributed by atoms with E-state index in [-0.39, 0.29) is 23.0 Å². The molecule has 23 heavy (non-hydrogen) atoms. The van der Waals surface area contributed by atoms with Crippen molar-refractivity contribution in [3.63, 3.8) is 0 Å². The zero-order valence-corrected chi connectivity index (χ0v) is 14.6. The summed E-state index contributed by atoms with van der Waals surface area (Å²) in [6, 6.07) is 5.23. The van der Waals surface area contributed by atoms with Gasteiger partial charge in [-0.05, 0) is 56.6 Å². The molecule has 0 radical (unpaired) electrons. The summed E-state index contributed by atoms with van der Waals surface area (Å²) in [4.78, 5) is 13.1. The van der Waals surface area contributed by atoms with Crippen LogP contribution in [0.3, 0.4) is 0 Å². The molecular formula is C16H26ClN3O3. The van der Waals surface area contributed by atoms with Gasteiger partial charge in [-0.25, -0.2) is 0 Å². The number of likely N-dealkylation sites (tertiary alicyclic amines) is 1. The van der Waals surface area contributed by atoms with Gasteiger partial charge in [-0.15, -0.1) is 12.4 Å². The number of rotatable bonds is 7. The van der Waals surface area contributed by atoms with Crippen LogP contribution in [0.2, 0.25) is 0 Å². The Hall–Kier alpha value is -1.37. The highest BCUT2D eigenvalue weighted by Crippen LogP contribution is 2.28. The standard InChI is InChI=1S/C16H25N3O3.ClH/c1-3-17-11-13-6-8-18(9-7-13)12-14-4-5-16(22-2)15(10-14)19(20)21;/h4-5,10,13,17H,3,6-9,11-12H2,1-2H3;1H. The Labute approximate surface area is 143 Å². The molecule has 0 aliphatic carbocycles. The average Bonchev–Trinajstić information content (AvgIpc) is 2.54. The van der Waals surface area contributed by atoms with E-state index in [1.807, 2.05) is 6.07 Å². The maximum absolute atomic E-state index is 11.1. The van der Waals surface area contributed by atoms with Gasteiger partial charge < -0.3 is 10.1 Å². The predicted molar refractivity (Wildman–Crippen MR) is 93.4 cm³/mol. The van der Waals surface area contributed by atoms with Crippen molar-refractivity contribution < 1.29 is 9.66 Å². The van der Waals surface area contributed by atoms with E-state index in [1.54, 1.807) is 12.1 Å².